The van der Waals surface area contributed by atoms with Crippen molar-refractivity contribution in [1.29, 1.82) is 0 Å². The van der Waals surface area contributed by atoms with Crippen LogP contribution >= 0.6 is 0 Å². The molecule has 0 saturated heterocycles. The molecule has 5 N–H and O–H groups in total. The minimum absolute atomic E-state index is 0.0175. The molecule has 0 bridgehead atoms. The van der Waals surface area contributed by atoms with Gasteiger partial charge in [0.1, 0.15) is 6.26 Å². The number of carbonyl (C=O) groups excluding carboxylic acids is 2. The van der Waals surface area contributed by atoms with Crippen molar-refractivity contribution < 1.29 is 32.4 Å². The average Bonchev–Trinajstić information content (AvgIpc) is 3.02. The van der Waals surface area contributed by atoms with Crippen molar-refractivity contribution in [3.05, 3.63) is 41.3 Å². The van der Waals surface area contributed by atoms with Crippen molar-refractivity contribution in [2.45, 2.75) is 6.10 Å². The number of rotatable bonds is 7. The van der Waals surface area contributed by atoms with Crippen LogP contribution in [0.2, 0.25) is 0 Å². The van der Waals surface area contributed by atoms with Gasteiger partial charge < -0.3 is 34.5 Å². The Labute approximate surface area is 152 Å². The van der Waals surface area contributed by atoms with Crippen LogP contribution in [0.15, 0.2) is 30.2 Å². The summed E-state index contributed by atoms with van der Waals surface area (Å²) in [4.78, 5) is 25.9. The Morgan fingerprint density at radius 2 is 2.04 bits per heavy atom. The Balaban J connectivity index is 2.08. The molecule has 2 atom stereocenters. The number of likely N-dealkylation sites (N-methyl/N-ethyl adjacent to an activating group) is 1. The van der Waals surface area contributed by atoms with E-state index in [0.29, 0.717) is 0 Å². The molecule has 0 saturated carbocycles. The third-order valence-electron chi connectivity index (χ3n) is 3.35. The van der Waals surface area contributed by atoms with Crippen molar-refractivity contribution in [3.63, 3.8) is 0 Å². The van der Waals surface area contributed by atoms with E-state index in [1.807, 2.05) is 0 Å². The zero-order chi connectivity index (χ0) is 19.3. The van der Waals surface area contributed by atoms with Gasteiger partial charge in [-0.3, -0.25) is 9.59 Å². The molecular weight excluding hydrogens is 366 g/mol. The van der Waals surface area contributed by atoms with Gasteiger partial charge in [-0.15, -0.1) is 0 Å². The molecule has 10 nitrogen and oxygen atoms in total. The smallest absolute Gasteiger partial charge is 0.399 e. The summed E-state index contributed by atoms with van der Waals surface area (Å²) in [6.45, 7) is -0.613. The number of hydrogen-bond donors (Lipinski definition) is 4. The monoisotopic (exact) mass is 385 g/mol. The molecule has 0 aliphatic carbocycles. The molecule has 142 valence electrons. The fraction of sp³-hybridized carbons (Fsp3) is 0.333. The highest BCUT2D eigenvalue weighted by atomic mass is 32.2. The predicted octanol–water partition coefficient (Wildman–Crippen LogP) is -1.11. The molecule has 2 rings (SSSR count). The Kier molecular flexibility index (Phi) is 6.55. The van der Waals surface area contributed by atoms with Crippen LogP contribution in [0.25, 0.3) is 0 Å². The Bertz CT molecular complexity index is 753. The quantitative estimate of drug-likeness (QED) is 0.431. The van der Waals surface area contributed by atoms with Gasteiger partial charge >= 0.3 is 11.4 Å². The second-order valence-corrected chi connectivity index (χ2v) is 6.29. The van der Waals surface area contributed by atoms with E-state index in [1.165, 1.54) is 30.1 Å². The second kappa shape index (κ2) is 8.65. The number of aliphatic hydroxyl groups is 2. The van der Waals surface area contributed by atoms with Crippen LogP contribution in [-0.4, -0.2) is 64.0 Å². The summed E-state index contributed by atoms with van der Waals surface area (Å²) in [7, 11) is 1.49. The Morgan fingerprint density at radius 3 is 2.65 bits per heavy atom. The van der Waals surface area contributed by atoms with Gasteiger partial charge in [-0.2, -0.15) is 4.21 Å². The van der Waals surface area contributed by atoms with E-state index in [9.17, 15) is 18.9 Å². The van der Waals surface area contributed by atoms with E-state index < -0.39 is 35.9 Å². The fourth-order valence-corrected chi connectivity index (χ4v) is 2.58. The van der Waals surface area contributed by atoms with Crippen LogP contribution in [0.4, 0.5) is 5.69 Å². The Morgan fingerprint density at radius 1 is 1.35 bits per heavy atom. The first-order chi connectivity index (χ1) is 12.3. The third kappa shape index (κ3) is 5.18. The standard InChI is InChI=1S/C15H19N3O7S/c1-18(6-13-8-24-26(23)25-13)15(22)10-2-9(3-11(16)4-10)14(21)17-5-12(20)7-19/h2-4,8,12,19-20H,5-7,16H2,1H3,(H,17,21). The first kappa shape index (κ1) is 19.7. The van der Waals surface area contributed by atoms with Crippen molar-refractivity contribution in [2.24, 2.45) is 0 Å². The van der Waals surface area contributed by atoms with Crippen molar-refractivity contribution in [3.8, 4) is 0 Å². The maximum atomic E-state index is 12.5. The lowest BCUT2D eigenvalue weighted by atomic mass is 10.1. The summed E-state index contributed by atoms with van der Waals surface area (Å²) in [5.41, 5.74) is 6.27. The maximum Gasteiger partial charge on any atom is 0.417 e. The van der Waals surface area contributed by atoms with Crippen LogP contribution in [0, 0.1) is 0 Å². The Hall–Kier alpha value is -2.63. The van der Waals surface area contributed by atoms with Gasteiger partial charge in [0, 0.05) is 30.4 Å². The minimum Gasteiger partial charge on any atom is -0.399 e. The summed E-state index contributed by atoms with van der Waals surface area (Å²) in [6, 6.07) is 4.15. The van der Waals surface area contributed by atoms with Gasteiger partial charge in [-0.05, 0) is 18.2 Å². The molecule has 2 amide bonds. The minimum atomic E-state index is -1.89. The van der Waals surface area contributed by atoms with Crippen LogP contribution in [0.5, 0.6) is 0 Å². The summed E-state index contributed by atoms with van der Waals surface area (Å²) >= 11 is -1.89. The highest BCUT2D eigenvalue weighted by molar-refractivity contribution is 7.75. The molecule has 2 unspecified atom stereocenters. The lowest BCUT2D eigenvalue weighted by Crippen LogP contribution is -2.34. The van der Waals surface area contributed by atoms with Crippen LogP contribution in [-0.2, 0) is 19.7 Å². The SMILES string of the molecule is CN(CC1=COS(=O)O1)C(=O)c1cc(N)cc(C(=O)NCC(O)CO)c1. The largest absolute Gasteiger partial charge is 0.417 e. The van der Waals surface area contributed by atoms with Crippen LogP contribution in [0.3, 0.4) is 0 Å². The number of carbonyl (C=O) groups is 2. The first-order valence-corrected chi connectivity index (χ1v) is 8.49. The van der Waals surface area contributed by atoms with Crippen molar-refractivity contribution in [1.82, 2.24) is 10.2 Å². The van der Waals surface area contributed by atoms with Gasteiger partial charge in [-0.25, -0.2) is 0 Å². The van der Waals surface area contributed by atoms with Gasteiger partial charge in [0.2, 0.25) is 0 Å². The molecule has 26 heavy (non-hydrogen) atoms. The zero-order valence-electron chi connectivity index (χ0n) is 13.9. The molecule has 1 aliphatic heterocycles. The number of benzene rings is 1. The van der Waals surface area contributed by atoms with E-state index in [-0.39, 0.29) is 35.7 Å². The molecule has 1 aromatic carbocycles. The molecule has 11 heteroatoms. The predicted molar refractivity (Wildman–Crippen MR) is 91.6 cm³/mol. The number of hydrogen-bond acceptors (Lipinski definition) is 8. The summed E-state index contributed by atoms with van der Waals surface area (Å²) in [5.74, 6) is -0.768. The van der Waals surface area contributed by atoms with Crippen LogP contribution < -0.4 is 11.1 Å². The van der Waals surface area contributed by atoms with Crippen molar-refractivity contribution in [2.75, 3.05) is 32.5 Å². The van der Waals surface area contributed by atoms with E-state index in [4.69, 9.17) is 15.0 Å². The molecule has 1 heterocycles. The number of amides is 2. The van der Waals surface area contributed by atoms with E-state index in [1.54, 1.807) is 0 Å². The molecule has 0 fully saturated rings. The van der Waals surface area contributed by atoms with Gasteiger partial charge in [0.15, 0.2) is 5.76 Å². The van der Waals surface area contributed by atoms with E-state index in [0.717, 1.165) is 6.26 Å². The molecule has 0 radical (unpaired) electrons. The average molecular weight is 385 g/mol. The number of nitrogens with zero attached hydrogens (tertiary/aromatic N) is 1. The molecule has 1 aromatic rings. The normalized spacial score (nSPS) is 16.9. The zero-order valence-corrected chi connectivity index (χ0v) is 14.7. The topological polar surface area (TPSA) is 151 Å². The van der Waals surface area contributed by atoms with Gasteiger partial charge in [-0.1, -0.05) is 0 Å². The van der Waals surface area contributed by atoms with Crippen molar-refractivity contribution >= 4 is 28.9 Å². The molecular formula is C15H19N3O7S. The van der Waals surface area contributed by atoms with Gasteiger partial charge in [0.25, 0.3) is 11.8 Å². The fourth-order valence-electron chi connectivity index (χ4n) is 2.09. The number of nitrogens with one attached hydrogen (secondary N) is 1. The third-order valence-corrected chi connectivity index (χ3v) is 3.95. The lowest BCUT2D eigenvalue weighted by Gasteiger charge is -2.17. The number of nitrogen functional groups attached to an aromatic ring is 1. The van der Waals surface area contributed by atoms with Gasteiger partial charge in [0.05, 0.1) is 19.3 Å². The number of aliphatic hydroxyl groups excluding tert-OH is 2. The van der Waals surface area contributed by atoms with E-state index >= 15 is 0 Å². The summed E-state index contributed by atoms with van der Waals surface area (Å²) in [6.07, 6.45) is 0.0737. The summed E-state index contributed by atoms with van der Waals surface area (Å²) < 4.78 is 20.5. The number of nitrogens with two attached hydrogens (primary N) is 1. The first-order valence-electron chi connectivity index (χ1n) is 7.49. The highest BCUT2D eigenvalue weighted by Crippen LogP contribution is 2.17. The molecule has 1 aliphatic rings. The van der Waals surface area contributed by atoms with Crippen LogP contribution in [0.1, 0.15) is 20.7 Å². The highest BCUT2D eigenvalue weighted by Gasteiger charge is 2.21. The summed E-state index contributed by atoms with van der Waals surface area (Å²) in [5, 5.41) is 20.5. The van der Waals surface area contributed by atoms with E-state index in [2.05, 4.69) is 9.50 Å². The second-order valence-electron chi connectivity index (χ2n) is 5.52. The molecule has 0 aromatic heterocycles. The molecule has 0 spiro atoms. The lowest BCUT2D eigenvalue weighted by molar-refractivity contribution is 0.0796. The number of anilines is 1. The maximum absolute atomic E-state index is 12.5.